The van der Waals surface area contributed by atoms with Crippen LogP contribution < -0.4 is 21.3 Å². The van der Waals surface area contributed by atoms with E-state index >= 15 is 0 Å². The molecule has 294 valence electrons. The maximum atomic E-state index is 14.9. The molecule has 52 heavy (non-hydrogen) atoms. The molecule has 0 spiro atoms. The maximum absolute atomic E-state index is 14.9. The first-order valence-corrected chi connectivity index (χ1v) is 21.8. The number of nitrogens with zero attached hydrogens (tertiary/aromatic N) is 1. The van der Waals surface area contributed by atoms with Crippen LogP contribution in [-0.2, 0) is 24.2 Å². The van der Waals surface area contributed by atoms with Crippen LogP contribution in [0.25, 0.3) is 0 Å². The summed E-state index contributed by atoms with van der Waals surface area (Å²) >= 11 is 0. The number of urea groups is 1. The topological polar surface area (TPSA) is 174 Å². The fourth-order valence-corrected chi connectivity index (χ4v) is 11.1. The molecule has 0 bridgehead atoms. The number of ketones is 1. The average molecular weight is 748 g/mol. The predicted octanol–water partition coefficient (Wildman–Crippen LogP) is 3.95. The molecular formula is C39H65N5O7S. The second-order valence-corrected chi connectivity index (χ2v) is 22.1. The number of carbonyl (C=O) groups is 4. The van der Waals surface area contributed by atoms with Gasteiger partial charge in [-0.2, -0.15) is 0 Å². The van der Waals surface area contributed by atoms with Gasteiger partial charge in [-0.3, -0.25) is 19.7 Å². The fourth-order valence-electron chi connectivity index (χ4n) is 9.62. The summed E-state index contributed by atoms with van der Waals surface area (Å²) in [6.45, 7) is 11.7. The van der Waals surface area contributed by atoms with E-state index < -0.39 is 61.7 Å². The molecule has 4 amide bonds. The molecule has 13 heteroatoms. The lowest BCUT2D eigenvalue weighted by atomic mass is 9.70. The van der Waals surface area contributed by atoms with E-state index in [1.807, 2.05) is 6.92 Å². The number of sulfone groups is 1. The van der Waals surface area contributed by atoms with Gasteiger partial charge in [-0.05, 0) is 94.3 Å². The van der Waals surface area contributed by atoms with Gasteiger partial charge in [0.2, 0.25) is 11.8 Å². The van der Waals surface area contributed by atoms with Crippen molar-refractivity contribution in [3.63, 3.8) is 0 Å². The van der Waals surface area contributed by atoms with Crippen LogP contribution in [0.5, 0.6) is 0 Å². The minimum absolute atomic E-state index is 0.0932. The van der Waals surface area contributed by atoms with E-state index in [1.54, 1.807) is 25.7 Å². The predicted molar refractivity (Wildman–Crippen MR) is 199 cm³/mol. The summed E-state index contributed by atoms with van der Waals surface area (Å²) in [5, 5.41) is 22.9. The van der Waals surface area contributed by atoms with Crippen molar-refractivity contribution in [3.8, 4) is 0 Å². The Morgan fingerprint density at radius 2 is 1.46 bits per heavy atom. The number of nitrogens with one attached hydrogen (secondary N) is 4. The molecule has 1 aliphatic heterocycles. The molecule has 0 radical (unpaired) electrons. The molecule has 5 N–H and O–H groups in total. The Kier molecular flexibility index (Phi) is 10.9. The molecule has 0 aromatic rings. The van der Waals surface area contributed by atoms with Crippen molar-refractivity contribution in [3.05, 3.63) is 0 Å². The second kappa shape index (κ2) is 14.4. The highest BCUT2D eigenvalue weighted by atomic mass is 32.2. The van der Waals surface area contributed by atoms with Crippen molar-refractivity contribution < 1.29 is 32.7 Å². The number of aliphatic hydroxyl groups is 1. The van der Waals surface area contributed by atoms with E-state index in [4.69, 9.17) is 0 Å². The van der Waals surface area contributed by atoms with Gasteiger partial charge < -0.3 is 26.0 Å². The lowest BCUT2D eigenvalue weighted by Crippen LogP contribution is -2.65. The first-order chi connectivity index (χ1) is 24.3. The Balaban J connectivity index is 1.23. The van der Waals surface area contributed by atoms with Gasteiger partial charge in [-0.1, -0.05) is 72.1 Å². The lowest BCUT2D eigenvalue weighted by molar-refractivity contribution is -0.145. The molecule has 6 aliphatic rings. The van der Waals surface area contributed by atoms with Gasteiger partial charge in [0.25, 0.3) is 0 Å². The van der Waals surface area contributed by atoms with Crippen LogP contribution in [0.2, 0.25) is 0 Å². The Labute approximate surface area is 311 Å². The fraction of sp³-hybridized carbons (Fsp3) is 0.897. The number of carbonyl (C=O) groups excluding carboxylic acids is 4. The van der Waals surface area contributed by atoms with Gasteiger partial charge in [0, 0.05) is 12.6 Å². The standard InChI is InChI=1S/C39H65N5O7S/c1-36(2,3)52(50,51)23-39(19-11-8-12-20-39)43-35(49)42-31(38(6)17-9-7-10-18-38)34(48)44-22-26-28(37(26,4)5)29(44)32(46)41-27(21-24-13-14-24)30(45)33(47)40-25-15-16-25/h24-29,31,33,40,47H,7-23H2,1-6H3,(H,41,46)(H2,42,43,49)/t26?,27?,28?,29?,31-,33?/m1/s1. The minimum atomic E-state index is -3.56. The molecule has 0 aromatic carbocycles. The van der Waals surface area contributed by atoms with Crippen molar-refractivity contribution in [2.24, 2.45) is 28.6 Å². The second-order valence-electron chi connectivity index (χ2n) is 19.3. The number of likely N-dealkylation sites (tertiary alicyclic amines) is 1. The molecular weight excluding hydrogens is 683 g/mol. The SMILES string of the molecule is CC1(C)C2CN(C(=O)[C@@H](NC(=O)NC3(CS(=O)(=O)C(C)(C)C)CCCCC3)C3(C)CCCCC3)C(C(=O)NC(CC3CC3)C(=O)C(O)NC3CC3)C21. The summed E-state index contributed by atoms with van der Waals surface area (Å²) in [6, 6.07) is -3.01. The van der Waals surface area contributed by atoms with E-state index in [0.29, 0.717) is 31.7 Å². The molecule has 5 saturated carbocycles. The smallest absolute Gasteiger partial charge is 0.315 e. The van der Waals surface area contributed by atoms with Crippen molar-refractivity contribution >= 4 is 33.5 Å². The monoisotopic (exact) mass is 747 g/mol. The first-order valence-electron chi connectivity index (χ1n) is 20.2. The summed E-state index contributed by atoms with van der Waals surface area (Å²) in [4.78, 5) is 58.5. The largest absolute Gasteiger partial charge is 0.371 e. The number of hydrogen-bond donors (Lipinski definition) is 5. The average Bonchev–Trinajstić information content (AvgIpc) is 4.02. The summed E-state index contributed by atoms with van der Waals surface area (Å²) in [5.41, 5.74) is -1.65. The van der Waals surface area contributed by atoms with Crippen LogP contribution >= 0.6 is 0 Å². The molecule has 5 unspecified atom stereocenters. The molecule has 1 saturated heterocycles. The molecule has 12 nitrogen and oxygen atoms in total. The number of hydrogen-bond acceptors (Lipinski definition) is 8. The number of Topliss-reactive ketones (excluding diaryl/α,β-unsaturated/α-hetero) is 1. The van der Waals surface area contributed by atoms with Gasteiger partial charge in [-0.15, -0.1) is 0 Å². The Morgan fingerprint density at radius 1 is 0.865 bits per heavy atom. The summed E-state index contributed by atoms with van der Waals surface area (Å²) in [6.07, 6.45) is 10.9. The third kappa shape index (κ3) is 8.36. The van der Waals surface area contributed by atoms with Crippen LogP contribution in [0, 0.1) is 28.6 Å². The van der Waals surface area contributed by atoms with Crippen LogP contribution in [-0.4, -0.2) is 95.0 Å². The number of rotatable bonds is 14. The van der Waals surface area contributed by atoms with Crippen molar-refractivity contribution in [2.45, 2.75) is 179 Å². The quantitative estimate of drug-likeness (QED) is 0.166. The highest BCUT2D eigenvalue weighted by Crippen LogP contribution is 2.65. The highest BCUT2D eigenvalue weighted by molar-refractivity contribution is 7.92. The van der Waals surface area contributed by atoms with Gasteiger partial charge in [0.05, 0.1) is 22.1 Å². The number of amides is 4. The van der Waals surface area contributed by atoms with E-state index in [-0.39, 0.29) is 40.9 Å². The van der Waals surface area contributed by atoms with Crippen molar-refractivity contribution in [1.29, 1.82) is 0 Å². The number of fused-ring (bicyclic) bond motifs is 1. The van der Waals surface area contributed by atoms with E-state index in [1.165, 1.54) is 0 Å². The van der Waals surface area contributed by atoms with Gasteiger partial charge in [0.1, 0.15) is 12.1 Å². The van der Waals surface area contributed by atoms with Crippen LogP contribution in [0.3, 0.4) is 0 Å². The van der Waals surface area contributed by atoms with Gasteiger partial charge in [0.15, 0.2) is 21.8 Å². The third-order valence-electron chi connectivity index (χ3n) is 13.7. The molecule has 6 atom stereocenters. The van der Waals surface area contributed by atoms with Gasteiger partial charge >= 0.3 is 6.03 Å². The van der Waals surface area contributed by atoms with E-state index in [9.17, 15) is 32.7 Å². The Hall–Kier alpha value is -2.25. The normalized spacial score (nSPS) is 29.6. The Bertz CT molecular complexity index is 1490. The van der Waals surface area contributed by atoms with E-state index in [0.717, 1.165) is 77.0 Å². The minimum Gasteiger partial charge on any atom is -0.371 e. The summed E-state index contributed by atoms with van der Waals surface area (Å²) < 4.78 is 25.9. The van der Waals surface area contributed by atoms with Crippen LogP contribution in [0.1, 0.15) is 138 Å². The summed E-state index contributed by atoms with van der Waals surface area (Å²) in [7, 11) is -3.56. The maximum Gasteiger partial charge on any atom is 0.315 e. The summed E-state index contributed by atoms with van der Waals surface area (Å²) in [5.74, 6) is -0.954. The molecule has 0 aromatic heterocycles. The zero-order valence-electron chi connectivity index (χ0n) is 32.4. The Morgan fingerprint density at radius 3 is 2.02 bits per heavy atom. The highest BCUT2D eigenvalue weighted by Gasteiger charge is 2.70. The first kappa shape index (κ1) is 39.4. The van der Waals surface area contributed by atoms with Crippen LogP contribution in [0.4, 0.5) is 4.79 Å². The molecule has 5 aliphatic carbocycles. The van der Waals surface area contributed by atoms with E-state index in [2.05, 4.69) is 35.1 Å². The number of piperidine rings is 1. The van der Waals surface area contributed by atoms with Crippen LogP contribution in [0.15, 0.2) is 0 Å². The molecule has 1 heterocycles. The third-order valence-corrected chi connectivity index (χ3v) is 16.5. The zero-order chi connectivity index (χ0) is 37.9. The lowest BCUT2D eigenvalue weighted by Gasteiger charge is -2.44. The molecule has 6 fully saturated rings. The zero-order valence-corrected chi connectivity index (χ0v) is 33.2. The van der Waals surface area contributed by atoms with Crippen molar-refractivity contribution in [2.75, 3.05) is 12.3 Å². The van der Waals surface area contributed by atoms with Crippen molar-refractivity contribution in [1.82, 2.24) is 26.2 Å². The number of aliphatic hydroxyl groups excluding tert-OH is 1. The van der Waals surface area contributed by atoms with Gasteiger partial charge in [-0.25, -0.2) is 13.2 Å². The molecule has 6 rings (SSSR count).